The van der Waals surface area contributed by atoms with Gasteiger partial charge in [-0.1, -0.05) is 18.2 Å². The molecule has 1 unspecified atom stereocenters. The van der Waals surface area contributed by atoms with Crippen molar-refractivity contribution in [3.05, 3.63) is 41.6 Å². The number of para-hydroxylation sites is 1. The summed E-state index contributed by atoms with van der Waals surface area (Å²) in [6.45, 7) is 0.990. The van der Waals surface area contributed by atoms with Crippen LogP contribution in [0.3, 0.4) is 0 Å². The highest BCUT2D eigenvalue weighted by molar-refractivity contribution is 7.89. The van der Waals surface area contributed by atoms with E-state index in [9.17, 15) is 8.42 Å². The van der Waals surface area contributed by atoms with E-state index in [-0.39, 0.29) is 11.1 Å². The van der Waals surface area contributed by atoms with Crippen molar-refractivity contribution in [3.8, 4) is 5.75 Å². The number of rotatable bonds is 5. The Balaban J connectivity index is 1.59. The molecule has 1 aromatic heterocycles. The monoisotopic (exact) mass is 322 g/mol. The van der Waals surface area contributed by atoms with E-state index in [0.29, 0.717) is 18.7 Å². The molecule has 118 valence electrons. The topological polar surface area (TPSA) is 99.2 Å². The van der Waals surface area contributed by atoms with Crippen LogP contribution in [0.15, 0.2) is 35.5 Å². The highest BCUT2D eigenvalue weighted by Gasteiger charge is 2.23. The van der Waals surface area contributed by atoms with Crippen LogP contribution >= 0.6 is 0 Å². The lowest BCUT2D eigenvalue weighted by Gasteiger charge is -2.12. The molecular formula is C14H18N4O3S. The smallest absolute Gasteiger partial charge is 0.255 e. The fraction of sp³-hybridized carbons (Fsp3) is 0.357. The summed E-state index contributed by atoms with van der Waals surface area (Å²) in [4.78, 5) is 0. The Bertz CT molecular complexity index is 760. The highest BCUT2D eigenvalue weighted by atomic mass is 32.2. The standard InChI is InChI=1S/C14H18N4O3S/c1-18-14(22(15,19)20)11(8-17-18)7-16-9-12-6-10-4-2-3-5-13(10)21-12/h2-5,8,12,16H,6-7,9H2,1H3,(H2,15,19,20). The number of primary sulfonamides is 1. The first kappa shape index (κ1) is 15.0. The molecule has 2 heterocycles. The molecule has 3 rings (SSSR count). The molecule has 0 fully saturated rings. The van der Waals surface area contributed by atoms with Crippen molar-refractivity contribution in [1.29, 1.82) is 0 Å². The van der Waals surface area contributed by atoms with E-state index >= 15 is 0 Å². The zero-order chi connectivity index (χ0) is 15.7. The molecule has 8 heteroatoms. The predicted octanol–water partition coefficient (Wildman–Crippen LogP) is 0.161. The minimum atomic E-state index is -3.78. The van der Waals surface area contributed by atoms with Crippen molar-refractivity contribution >= 4 is 10.0 Å². The maximum Gasteiger partial charge on any atom is 0.255 e. The van der Waals surface area contributed by atoms with E-state index in [4.69, 9.17) is 9.88 Å². The number of ether oxygens (including phenoxy) is 1. The van der Waals surface area contributed by atoms with Crippen LogP contribution < -0.4 is 15.2 Å². The van der Waals surface area contributed by atoms with Crippen LogP contribution in [0.1, 0.15) is 11.1 Å². The minimum absolute atomic E-state index is 0.0376. The second-order valence-corrected chi connectivity index (χ2v) is 6.80. The van der Waals surface area contributed by atoms with E-state index in [1.54, 1.807) is 7.05 Å². The molecule has 0 saturated carbocycles. The van der Waals surface area contributed by atoms with E-state index in [1.165, 1.54) is 16.4 Å². The Morgan fingerprint density at radius 3 is 2.95 bits per heavy atom. The lowest BCUT2D eigenvalue weighted by atomic mass is 10.1. The zero-order valence-electron chi connectivity index (χ0n) is 12.2. The number of benzene rings is 1. The van der Waals surface area contributed by atoms with Crippen molar-refractivity contribution in [2.45, 2.75) is 24.1 Å². The maximum atomic E-state index is 11.6. The third-order valence-corrected chi connectivity index (χ3v) is 4.69. The van der Waals surface area contributed by atoms with Gasteiger partial charge in [-0.25, -0.2) is 13.6 Å². The molecule has 0 amide bonds. The molecule has 3 N–H and O–H groups in total. The number of nitrogens with two attached hydrogens (primary N) is 1. The molecule has 2 aromatic rings. The summed E-state index contributed by atoms with van der Waals surface area (Å²) in [6.07, 6.45) is 2.40. The van der Waals surface area contributed by atoms with E-state index in [0.717, 1.165) is 12.2 Å². The number of nitrogens with one attached hydrogen (secondary N) is 1. The van der Waals surface area contributed by atoms with Gasteiger partial charge in [-0.3, -0.25) is 4.68 Å². The van der Waals surface area contributed by atoms with Gasteiger partial charge in [0.25, 0.3) is 10.0 Å². The SMILES string of the molecule is Cn1ncc(CNCC2Cc3ccccc3O2)c1S(N)(=O)=O. The van der Waals surface area contributed by atoms with Gasteiger partial charge in [0.1, 0.15) is 11.9 Å². The van der Waals surface area contributed by atoms with Crippen LogP contribution in [-0.4, -0.2) is 30.8 Å². The van der Waals surface area contributed by atoms with Crippen LogP contribution in [0.2, 0.25) is 0 Å². The second kappa shape index (κ2) is 5.71. The molecule has 0 aliphatic carbocycles. The lowest BCUT2D eigenvalue weighted by Crippen LogP contribution is -2.30. The number of hydrogen-bond donors (Lipinski definition) is 2. The molecule has 0 bridgehead atoms. The zero-order valence-corrected chi connectivity index (χ0v) is 13.0. The summed E-state index contributed by atoms with van der Waals surface area (Å²) >= 11 is 0. The fourth-order valence-electron chi connectivity index (χ4n) is 2.70. The third-order valence-electron chi connectivity index (χ3n) is 3.63. The predicted molar refractivity (Wildman–Crippen MR) is 80.8 cm³/mol. The van der Waals surface area contributed by atoms with E-state index < -0.39 is 10.0 Å². The Hall–Kier alpha value is -1.90. The van der Waals surface area contributed by atoms with Crippen molar-refractivity contribution in [2.24, 2.45) is 12.2 Å². The summed E-state index contributed by atoms with van der Waals surface area (Å²) in [5.41, 5.74) is 1.75. The summed E-state index contributed by atoms with van der Waals surface area (Å²) in [5.74, 6) is 0.918. The van der Waals surface area contributed by atoms with Crippen LogP contribution in [0.5, 0.6) is 5.75 Å². The van der Waals surface area contributed by atoms with Gasteiger partial charge < -0.3 is 10.1 Å². The first-order valence-electron chi connectivity index (χ1n) is 6.94. The van der Waals surface area contributed by atoms with Gasteiger partial charge in [0, 0.05) is 32.1 Å². The Labute approximate surface area is 129 Å². The minimum Gasteiger partial charge on any atom is -0.488 e. The van der Waals surface area contributed by atoms with E-state index in [2.05, 4.69) is 16.5 Å². The molecule has 1 aromatic carbocycles. The van der Waals surface area contributed by atoms with Crippen LogP contribution in [-0.2, 0) is 30.0 Å². The summed E-state index contributed by atoms with van der Waals surface area (Å²) < 4.78 is 30.2. The fourth-order valence-corrected chi connectivity index (χ4v) is 3.60. The van der Waals surface area contributed by atoms with Crippen molar-refractivity contribution in [3.63, 3.8) is 0 Å². The van der Waals surface area contributed by atoms with Crippen molar-refractivity contribution in [1.82, 2.24) is 15.1 Å². The molecular weight excluding hydrogens is 304 g/mol. The van der Waals surface area contributed by atoms with Crippen molar-refractivity contribution in [2.75, 3.05) is 6.54 Å². The Kier molecular flexibility index (Phi) is 3.90. The second-order valence-electron chi connectivity index (χ2n) is 5.33. The van der Waals surface area contributed by atoms with Gasteiger partial charge in [-0.15, -0.1) is 0 Å². The van der Waals surface area contributed by atoms with Crippen LogP contribution in [0, 0.1) is 0 Å². The van der Waals surface area contributed by atoms with Gasteiger partial charge in [0.15, 0.2) is 5.03 Å². The third kappa shape index (κ3) is 2.99. The molecule has 1 aliphatic heterocycles. The highest BCUT2D eigenvalue weighted by Crippen LogP contribution is 2.27. The molecule has 0 radical (unpaired) electrons. The van der Waals surface area contributed by atoms with E-state index in [1.807, 2.05) is 18.2 Å². The molecule has 1 atom stereocenters. The van der Waals surface area contributed by atoms with Crippen molar-refractivity contribution < 1.29 is 13.2 Å². The van der Waals surface area contributed by atoms with Gasteiger partial charge in [-0.05, 0) is 11.6 Å². The Morgan fingerprint density at radius 1 is 1.45 bits per heavy atom. The van der Waals surface area contributed by atoms with Gasteiger partial charge in [-0.2, -0.15) is 5.10 Å². The first-order chi connectivity index (χ1) is 10.4. The number of hydrogen-bond acceptors (Lipinski definition) is 5. The Morgan fingerprint density at radius 2 is 2.23 bits per heavy atom. The van der Waals surface area contributed by atoms with Gasteiger partial charge >= 0.3 is 0 Å². The van der Waals surface area contributed by atoms with Gasteiger partial charge in [0.05, 0.1) is 6.20 Å². The van der Waals surface area contributed by atoms with Crippen LogP contribution in [0.4, 0.5) is 0 Å². The number of aryl methyl sites for hydroxylation is 1. The summed E-state index contributed by atoms with van der Waals surface area (Å²) in [6, 6.07) is 7.94. The first-order valence-corrected chi connectivity index (χ1v) is 8.49. The quantitative estimate of drug-likeness (QED) is 0.817. The average molecular weight is 322 g/mol. The molecule has 1 aliphatic rings. The molecule has 22 heavy (non-hydrogen) atoms. The normalized spacial score (nSPS) is 17.3. The number of nitrogens with zero attached hydrogens (tertiary/aromatic N) is 2. The average Bonchev–Trinajstić information content (AvgIpc) is 3.01. The summed E-state index contributed by atoms with van der Waals surface area (Å²) in [5, 5.41) is 12.4. The maximum absolute atomic E-state index is 11.6. The number of sulfonamides is 1. The number of aromatic nitrogens is 2. The van der Waals surface area contributed by atoms with Crippen LogP contribution in [0.25, 0.3) is 0 Å². The summed E-state index contributed by atoms with van der Waals surface area (Å²) in [7, 11) is -2.23. The number of fused-ring (bicyclic) bond motifs is 1. The molecule has 0 saturated heterocycles. The van der Waals surface area contributed by atoms with Gasteiger partial charge in [0.2, 0.25) is 0 Å². The molecule has 0 spiro atoms. The molecule has 7 nitrogen and oxygen atoms in total. The largest absolute Gasteiger partial charge is 0.488 e. The lowest BCUT2D eigenvalue weighted by molar-refractivity contribution is 0.227.